The fraction of sp³-hybridized carbons (Fsp3) is 0.529. The lowest BCUT2D eigenvalue weighted by molar-refractivity contribution is -0.121. The number of hydrogen-bond donors (Lipinski definition) is 2. The standard InChI is InChI=1S/C17H22F2N2O3/c1-10-8-13(23)20-21-16(10)11-4-5-12(15(19)14(11)18)24-9-17(2,3)6-7-22/h4-5,10,22H,6-9H2,1-3H3,(H,20,23). The Bertz CT molecular complexity index is 659. The van der Waals surface area contributed by atoms with Gasteiger partial charge >= 0.3 is 0 Å². The van der Waals surface area contributed by atoms with Crippen molar-refractivity contribution in [2.75, 3.05) is 13.2 Å². The molecule has 0 aromatic heterocycles. The van der Waals surface area contributed by atoms with Gasteiger partial charge < -0.3 is 9.84 Å². The molecular weight excluding hydrogens is 318 g/mol. The Morgan fingerprint density at radius 2 is 2.08 bits per heavy atom. The van der Waals surface area contributed by atoms with Crippen LogP contribution in [0.15, 0.2) is 17.2 Å². The zero-order valence-electron chi connectivity index (χ0n) is 14.0. The molecule has 0 bridgehead atoms. The number of carbonyl (C=O) groups excluding carboxylic acids is 1. The summed E-state index contributed by atoms with van der Waals surface area (Å²) in [5.41, 5.74) is 2.25. The molecule has 5 nitrogen and oxygen atoms in total. The molecule has 1 unspecified atom stereocenters. The first-order valence-electron chi connectivity index (χ1n) is 7.83. The summed E-state index contributed by atoms with van der Waals surface area (Å²) >= 11 is 0. The molecule has 24 heavy (non-hydrogen) atoms. The summed E-state index contributed by atoms with van der Waals surface area (Å²) in [6.07, 6.45) is 0.663. The van der Waals surface area contributed by atoms with Crippen molar-refractivity contribution in [2.24, 2.45) is 16.4 Å². The van der Waals surface area contributed by atoms with Gasteiger partial charge in [0, 0.05) is 29.9 Å². The molecule has 1 aromatic rings. The number of hydrazone groups is 1. The highest BCUT2D eigenvalue weighted by atomic mass is 19.2. The van der Waals surface area contributed by atoms with Crippen LogP contribution in [0.2, 0.25) is 0 Å². The lowest BCUT2D eigenvalue weighted by atomic mass is 9.91. The number of hydrogen-bond acceptors (Lipinski definition) is 4. The molecule has 0 aliphatic carbocycles. The van der Waals surface area contributed by atoms with Crippen LogP contribution in [-0.2, 0) is 4.79 Å². The summed E-state index contributed by atoms with van der Waals surface area (Å²) < 4.78 is 34.1. The van der Waals surface area contributed by atoms with E-state index in [1.165, 1.54) is 12.1 Å². The number of nitrogens with zero attached hydrogens (tertiary/aromatic N) is 1. The van der Waals surface area contributed by atoms with E-state index in [0.29, 0.717) is 12.1 Å². The monoisotopic (exact) mass is 340 g/mol. The minimum absolute atomic E-state index is 0.00439. The molecular formula is C17H22F2N2O3. The van der Waals surface area contributed by atoms with E-state index in [9.17, 15) is 13.6 Å². The van der Waals surface area contributed by atoms with E-state index in [-0.39, 0.29) is 48.2 Å². The molecule has 1 heterocycles. The van der Waals surface area contributed by atoms with Crippen molar-refractivity contribution in [3.05, 3.63) is 29.3 Å². The summed E-state index contributed by atoms with van der Waals surface area (Å²) in [5.74, 6) is -2.87. The second kappa shape index (κ2) is 7.25. The maximum Gasteiger partial charge on any atom is 0.240 e. The first-order valence-corrected chi connectivity index (χ1v) is 7.83. The summed E-state index contributed by atoms with van der Waals surface area (Å²) in [5, 5.41) is 12.8. The molecule has 0 spiro atoms. The molecule has 0 saturated heterocycles. The van der Waals surface area contributed by atoms with E-state index in [1.54, 1.807) is 6.92 Å². The van der Waals surface area contributed by atoms with Gasteiger partial charge in [-0.1, -0.05) is 20.8 Å². The minimum atomic E-state index is -1.08. The molecule has 0 radical (unpaired) electrons. The van der Waals surface area contributed by atoms with Crippen molar-refractivity contribution >= 4 is 11.6 Å². The van der Waals surface area contributed by atoms with E-state index >= 15 is 0 Å². The van der Waals surface area contributed by atoms with Gasteiger partial charge in [0.2, 0.25) is 11.7 Å². The van der Waals surface area contributed by atoms with E-state index in [1.807, 2.05) is 13.8 Å². The van der Waals surface area contributed by atoms with Crippen molar-refractivity contribution < 1.29 is 23.4 Å². The zero-order chi connectivity index (χ0) is 17.9. The number of nitrogens with one attached hydrogen (secondary N) is 1. The predicted molar refractivity (Wildman–Crippen MR) is 85.8 cm³/mol. The SMILES string of the molecule is CC1CC(=O)NN=C1c1ccc(OCC(C)(C)CCO)c(F)c1F. The largest absolute Gasteiger partial charge is 0.490 e. The van der Waals surface area contributed by atoms with Crippen LogP contribution in [-0.4, -0.2) is 29.9 Å². The van der Waals surface area contributed by atoms with Crippen molar-refractivity contribution in [3.63, 3.8) is 0 Å². The Hall–Kier alpha value is -2.02. The van der Waals surface area contributed by atoms with E-state index in [4.69, 9.17) is 9.84 Å². The van der Waals surface area contributed by atoms with Crippen molar-refractivity contribution in [1.29, 1.82) is 0 Å². The van der Waals surface area contributed by atoms with E-state index < -0.39 is 11.6 Å². The predicted octanol–water partition coefficient (Wildman–Crippen LogP) is 2.61. The summed E-state index contributed by atoms with van der Waals surface area (Å²) in [4.78, 5) is 11.3. The third kappa shape index (κ3) is 4.08. The zero-order valence-corrected chi connectivity index (χ0v) is 14.0. The average Bonchev–Trinajstić information content (AvgIpc) is 2.50. The molecule has 0 saturated carbocycles. The highest BCUT2D eigenvalue weighted by Gasteiger charge is 2.27. The van der Waals surface area contributed by atoms with Crippen LogP contribution in [0.3, 0.4) is 0 Å². The molecule has 1 aliphatic rings. The molecule has 7 heteroatoms. The number of aliphatic hydroxyl groups is 1. The highest BCUT2D eigenvalue weighted by molar-refractivity contribution is 6.05. The van der Waals surface area contributed by atoms with Crippen LogP contribution in [0, 0.1) is 23.0 Å². The maximum atomic E-state index is 14.4. The third-order valence-electron chi connectivity index (χ3n) is 3.99. The quantitative estimate of drug-likeness (QED) is 0.836. The second-order valence-corrected chi connectivity index (χ2v) is 6.80. The van der Waals surface area contributed by atoms with E-state index in [0.717, 1.165) is 0 Å². The molecule has 2 rings (SSSR count). The highest BCUT2D eigenvalue weighted by Crippen LogP contribution is 2.28. The van der Waals surface area contributed by atoms with Crippen LogP contribution in [0.5, 0.6) is 5.75 Å². The number of carbonyl (C=O) groups is 1. The molecule has 1 aliphatic heterocycles. The van der Waals surface area contributed by atoms with Crippen molar-refractivity contribution in [1.82, 2.24) is 5.43 Å². The van der Waals surface area contributed by atoms with Gasteiger partial charge in [0.25, 0.3) is 0 Å². The molecule has 132 valence electrons. The number of benzene rings is 1. The van der Waals surface area contributed by atoms with Crippen LogP contribution >= 0.6 is 0 Å². The molecule has 1 atom stereocenters. The molecule has 2 N–H and O–H groups in total. The van der Waals surface area contributed by atoms with Crippen molar-refractivity contribution in [2.45, 2.75) is 33.6 Å². The Morgan fingerprint density at radius 3 is 2.71 bits per heavy atom. The fourth-order valence-electron chi connectivity index (χ4n) is 2.47. The lowest BCUT2D eigenvalue weighted by Crippen LogP contribution is -2.32. The number of rotatable bonds is 6. The summed E-state index contributed by atoms with van der Waals surface area (Å²) in [6.45, 7) is 5.61. The van der Waals surface area contributed by atoms with Gasteiger partial charge in [0.05, 0.1) is 12.3 Å². The number of amides is 1. The summed E-state index contributed by atoms with van der Waals surface area (Å²) in [7, 11) is 0. The Labute approximate surface area is 139 Å². The van der Waals surface area contributed by atoms with Gasteiger partial charge in [0.15, 0.2) is 11.6 Å². The van der Waals surface area contributed by atoms with Gasteiger partial charge in [-0.3, -0.25) is 4.79 Å². The number of ether oxygens (including phenoxy) is 1. The molecule has 1 aromatic carbocycles. The van der Waals surface area contributed by atoms with E-state index in [2.05, 4.69) is 10.5 Å². The summed E-state index contributed by atoms with van der Waals surface area (Å²) in [6, 6.07) is 2.76. The average molecular weight is 340 g/mol. The van der Waals surface area contributed by atoms with Gasteiger partial charge in [-0.15, -0.1) is 0 Å². The van der Waals surface area contributed by atoms with Gasteiger partial charge in [-0.25, -0.2) is 9.82 Å². The lowest BCUT2D eigenvalue weighted by Gasteiger charge is -2.24. The fourth-order valence-corrected chi connectivity index (χ4v) is 2.47. The topological polar surface area (TPSA) is 70.9 Å². The number of aliphatic hydroxyl groups excluding tert-OH is 1. The Balaban J connectivity index is 2.21. The van der Waals surface area contributed by atoms with Gasteiger partial charge in [0.1, 0.15) is 0 Å². The van der Waals surface area contributed by atoms with Gasteiger partial charge in [-0.05, 0) is 18.6 Å². The van der Waals surface area contributed by atoms with Gasteiger partial charge in [-0.2, -0.15) is 9.49 Å². The Morgan fingerprint density at radius 1 is 1.38 bits per heavy atom. The minimum Gasteiger partial charge on any atom is -0.490 e. The Kier molecular flexibility index (Phi) is 5.54. The molecule has 0 fully saturated rings. The van der Waals surface area contributed by atoms with Crippen LogP contribution in [0.25, 0.3) is 0 Å². The van der Waals surface area contributed by atoms with Crippen LogP contribution < -0.4 is 10.2 Å². The number of halogens is 2. The van der Waals surface area contributed by atoms with Crippen LogP contribution in [0.1, 0.15) is 39.2 Å². The van der Waals surface area contributed by atoms with Crippen LogP contribution in [0.4, 0.5) is 8.78 Å². The molecule has 1 amide bonds. The van der Waals surface area contributed by atoms with Crippen molar-refractivity contribution in [3.8, 4) is 5.75 Å². The maximum absolute atomic E-state index is 14.4. The third-order valence-corrected chi connectivity index (χ3v) is 3.99. The smallest absolute Gasteiger partial charge is 0.240 e. The second-order valence-electron chi connectivity index (χ2n) is 6.80. The first-order chi connectivity index (χ1) is 11.2. The first kappa shape index (κ1) is 18.3. The normalized spacial score (nSPS) is 18.2.